The first kappa shape index (κ1) is 25.7. The van der Waals surface area contributed by atoms with Crippen molar-refractivity contribution in [1.82, 2.24) is 0 Å². The van der Waals surface area contributed by atoms with E-state index in [1.54, 1.807) is 6.07 Å². The summed E-state index contributed by atoms with van der Waals surface area (Å²) in [7, 11) is 0. The Hall–Kier alpha value is -1.58. The third-order valence-electron chi connectivity index (χ3n) is 7.13. The summed E-state index contributed by atoms with van der Waals surface area (Å²) < 4.78 is 6.39. The maximum absolute atomic E-state index is 11.2. The molecule has 0 unspecified atom stereocenters. The summed E-state index contributed by atoms with van der Waals surface area (Å²) in [5, 5.41) is 13.0. The zero-order valence-electron chi connectivity index (χ0n) is 20.8. The number of hydrogen-bond acceptors (Lipinski definition) is 4. The molecule has 0 aromatic heterocycles. The number of nitroso groups, excluding NO2 is 1. The first-order valence-electron chi connectivity index (χ1n) is 12.5. The summed E-state index contributed by atoms with van der Waals surface area (Å²) >= 11 is 0. The standard InChI is InChI=1S/C27H45NO3/c1-19(2)10-7-11-20(3)12-8-13-21(4)14-9-16-27(6)17-15-23-25(28-30)24(29)18-22(5)26(23)31-27/h18-21,29H,7-17H2,1-6H3/t20-,21-,27-/m1/s1. The molecule has 4 nitrogen and oxygen atoms in total. The van der Waals surface area contributed by atoms with Gasteiger partial charge in [-0.3, -0.25) is 0 Å². The number of hydrogen-bond donors (Lipinski definition) is 1. The lowest BCUT2D eigenvalue weighted by atomic mass is 9.85. The van der Waals surface area contributed by atoms with Crippen molar-refractivity contribution in [3.05, 3.63) is 22.1 Å². The van der Waals surface area contributed by atoms with E-state index in [1.165, 1.54) is 44.9 Å². The maximum Gasteiger partial charge on any atom is 0.156 e. The first-order valence-corrected chi connectivity index (χ1v) is 12.5. The lowest BCUT2D eigenvalue weighted by Crippen LogP contribution is -2.36. The van der Waals surface area contributed by atoms with Gasteiger partial charge in [0.25, 0.3) is 0 Å². The van der Waals surface area contributed by atoms with Gasteiger partial charge < -0.3 is 9.84 Å². The fourth-order valence-corrected chi connectivity index (χ4v) is 4.98. The van der Waals surface area contributed by atoms with Gasteiger partial charge in [0, 0.05) is 5.56 Å². The van der Waals surface area contributed by atoms with Crippen molar-refractivity contribution in [3.8, 4) is 11.5 Å². The molecule has 0 aliphatic carbocycles. The monoisotopic (exact) mass is 431 g/mol. The smallest absolute Gasteiger partial charge is 0.156 e. The highest BCUT2D eigenvalue weighted by Gasteiger charge is 2.34. The van der Waals surface area contributed by atoms with Gasteiger partial charge in [0.15, 0.2) is 5.69 Å². The van der Waals surface area contributed by atoms with Gasteiger partial charge in [-0.05, 0) is 74.1 Å². The molecule has 0 radical (unpaired) electrons. The van der Waals surface area contributed by atoms with E-state index >= 15 is 0 Å². The molecule has 0 fully saturated rings. The molecule has 1 aromatic rings. The molecular weight excluding hydrogens is 386 g/mol. The Labute approximate surface area is 190 Å². The fraction of sp³-hybridized carbons (Fsp3) is 0.778. The average molecular weight is 432 g/mol. The molecule has 0 saturated heterocycles. The van der Waals surface area contributed by atoms with Gasteiger partial charge >= 0.3 is 0 Å². The highest BCUT2D eigenvalue weighted by Crippen LogP contribution is 2.46. The van der Waals surface area contributed by atoms with E-state index in [1.807, 2.05) is 6.92 Å². The molecule has 1 N–H and O–H groups in total. The second kappa shape index (κ2) is 11.9. The summed E-state index contributed by atoms with van der Waals surface area (Å²) in [5.41, 5.74) is 1.58. The van der Waals surface area contributed by atoms with Crippen LogP contribution in [0.2, 0.25) is 0 Å². The van der Waals surface area contributed by atoms with Gasteiger partial charge in [-0.25, -0.2) is 0 Å². The summed E-state index contributed by atoms with van der Waals surface area (Å²) in [6.07, 6.45) is 13.1. The highest BCUT2D eigenvalue weighted by molar-refractivity contribution is 5.65. The molecule has 1 aromatic carbocycles. The van der Waals surface area contributed by atoms with Crippen molar-refractivity contribution in [2.45, 2.75) is 118 Å². The molecule has 2 rings (SSSR count). The molecule has 0 bridgehead atoms. The Morgan fingerprint density at radius 2 is 1.61 bits per heavy atom. The number of benzene rings is 1. The Balaban J connectivity index is 1.73. The zero-order chi connectivity index (χ0) is 23.0. The summed E-state index contributed by atoms with van der Waals surface area (Å²) in [6, 6.07) is 1.59. The van der Waals surface area contributed by atoms with Crippen LogP contribution in [0.25, 0.3) is 0 Å². The highest BCUT2D eigenvalue weighted by atomic mass is 16.5. The van der Waals surface area contributed by atoms with Crippen molar-refractivity contribution in [1.29, 1.82) is 0 Å². The predicted octanol–water partition coefficient (Wildman–Crippen LogP) is 8.62. The lowest BCUT2D eigenvalue weighted by molar-refractivity contribution is 0.0517. The molecule has 4 heteroatoms. The fourth-order valence-electron chi connectivity index (χ4n) is 4.98. The van der Waals surface area contributed by atoms with E-state index in [0.29, 0.717) is 0 Å². The quantitative estimate of drug-likeness (QED) is 0.318. The van der Waals surface area contributed by atoms with Gasteiger partial charge in [-0.2, -0.15) is 0 Å². The second-order valence-electron chi connectivity index (χ2n) is 10.9. The van der Waals surface area contributed by atoms with Gasteiger partial charge in [0.2, 0.25) is 0 Å². The molecular formula is C27H45NO3. The van der Waals surface area contributed by atoms with Crippen LogP contribution in [0.4, 0.5) is 5.69 Å². The van der Waals surface area contributed by atoms with Crippen LogP contribution in [0.5, 0.6) is 11.5 Å². The first-order chi connectivity index (χ1) is 14.6. The number of ether oxygens (including phenoxy) is 1. The van der Waals surface area contributed by atoms with E-state index in [-0.39, 0.29) is 17.0 Å². The summed E-state index contributed by atoms with van der Waals surface area (Å²) in [5.74, 6) is 3.15. The topological polar surface area (TPSA) is 58.9 Å². The van der Waals surface area contributed by atoms with Crippen LogP contribution in [-0.2, 0) is 6.42 Å². The number of phenolic OH excluding ortho intramolecular Hbond substituents is 1. The maximum atomic E-state index is 11.2. The van der Waals surface area contributed by atoms with Gasteiger partial charge in [0.05, 0.1) is 0 Å². The number of rotatable bonds is 13. The number of fused-ring (bicyclic) bond motifs is 1. The summed E-state index contributed by atoms with van der Waals surface area (Å²) in [6.45, 7) is 13.5. The minimum Gasteiger partial charge on any atom is -0.506 e. The van der Waals surface area contributed by atoms with E-state index in [2.05, 4.69) is 39.8 Å². The largest absolute Gasteiger partial charge is 0.506 e. The van der Waals surface area contributed by atoms with E-state index < -0.39 is 0 Å². The molecule has 3 atom stereocenters. The SMILES string of the molecule is Cc1cc(O)c(N=O)c2c1O[C@](C)(CCC[C@H](C)CCC[C@H](C)CCCC(C)C)CC2. The summed E-state index contributed by atoms with van der Waals surface area (Å²) in [4.78, 5) is 11.2. The zero-order valence-corrected chi connectivity index (χ0v) is 20.8. The third kappa shape index (κ3) is 7.80. The van der Waals surface area contributed by atoms with Crippen molar-refractivity contribution < 1.29 is 9.84 Å². The number of nitrogens with zero attached hydrogens (tertiary/aromatic N) is 1. The molecule has 0 saturated carbocycles. The minimum absolute atomic E-state index is 0.0403. The Bertz CT molecular complexity index is 715. The molecule has 1 aliphatic rings. The van der Waals surface area contributed by atoms with Crippen LogP contribution in [0.15, 0.2) is 11.2 Å². The van der Waals surface area contributed by atoms with Crippen LogP contribution in [-0.4, -0.2) is 10.7 Å². The van der Waals surface area contributed by atoms with E-state index in [0.717, 1.165) is 60.3 Å². The predicted molar refractivity (Wildman–Crippen MR) is 130 cm³/mol. The lowest BCUT2D eigenvalue weighted by Gasteiger charge is -2.37. The van der Waals surface area contributed by atoms with Crippen LogP contribution in [0.3, 0.4) is 0 Å². The Morgan fingerprint density at radius 1 is 1.03 bits per heavy atom. The Morgan fingerprint density at radius 3 is 2.19 bits per heavy atom. The minimum atomic E-state index is -0.209. The van der Waals surface area contributed by atoms with Crippen molar-refractivity contribution in [3.63, 3.8) is 0 Å². The van der Waals surface area contributed by atoms with Crippen LogP contribution < -0.4 is 4.74 Å². The average Bonchev–Trinajstić information content (AvgIpc) is 2.68. The van der Waals surface area contributed by atoms with E-state index in [4.69, 9.17) is 4.74 Å². The number of aryl methyl sites for hydroxylation is 1. The van der Waals surface area contributed by atoms with Gasteiger partial charge in [-0.15, -0.1) is 4.91 Å². The molecule has 176 valence electrons. The normalized spacial score (nSPS) is 20.2. The number of phenols is 1. The van der Waals surface area contributed by atoms with Crippen LogP contribution in [0, 0.1) is 29.6 Å². The molecule has 1 heterocycles. The molecule has 1 aliphatic heterocycles. The van der Waals surface area contributed by atoms with Crippen LogP contribution in [0.1, 0.15) is 110 Å². The second-order valence-corrected chi connectivity index (χ2v) is 10.9. The van der Waals surface area contributed by atoms with Crippen molar-refractivity contribution in [2.24, 2.45) is 22.9 Å². The van der Waals surface area contributed by atoms with Crippen LogP contribution >= 0.6 is 0 Å². The van der Waals surface area contributed by atoms with E-state index in [9.17, 15) is 10.0 Å². The Kier molecular flexibility index (Phi) is 9.84. The third-order valence-corrected chi connectivity index (χ3v) is 7.13. The molecule has 0 amide bonds. The van der Waals surface area contributed by atoms with Gasteiger partial charge in [-0.1, -0.05) is 72.6 Å². The number of aromatic hydroxyl groups is 1. The molecule has 31 heavy (non-hydrogen) atoms. The van der Waals surface area contributed by atoms with Gasteiger partial charge in [0.1, 0.15) is 17.1 Å². The van der Waals surface area contributed by atoms with Crippen molar-refractivity contribution in [2.75, 3.05) is 0 Å². The van der Waals surface area contributed by atoms with Crippen molar-refractivity contribution >= 4 is 5.69 Å². The molecule has 0 spiro atoms.